The summed E-state index contributed by atoms with van der Waals surface area (Å²) in [5.41, 5.74) is 0.953. The van der Waals surface area contributed by atoms with Crippen molar-refractivity contribution < 1.29 is 23.9 Å². The van der Waals surface area contributed by atoms with E-state index in [1.165, 1.54) is 4.90 Å². The van der Waals surface area contributed by atoms with Crippen LogP contribution in [0.1, 0.15) is 16.8 Å². The zero-order valence-electron chi connectivity index (χ0n) is 14.4. The second-order valence-corrected chi connectivity index (χ2v) is 6.19. The SMILES string of the molecule is COCCN1C[C@H](NC(=O)c2ccc(N3CC(=O)NC3=O)cc2)CC1=O. The Labute approximate surface area is 150 Å². The molecule has 2 heterocycles. The Morgan fingerprint density at radius 3 is 2.62 bits per heavy atom. The van der Waals surface area contributed by atoms with Crippen molar-refractivity contribution in [3.05, 3.63) is 29.8 Å². The summed E-state index contributed by atoms with van der Waals surface area (Å²) in [5, 5.41) is 5.04. The van der Waals surface area contributed by atoms with Gasteiger partial charge in [0.1, 0.15) is 6.54 Å². The first kappa shape index (κ1) is 17.9. The number of rotatable bonds is 6. The number of methoxy groups -OCH3 is 1. The predicted octanol–water partition coefficient (Wildman–Crippen LogP) is -0.280. The van der Waals surface area contributed by atoms with Crippen molar-refractivity contribution in [1.82, 2.24) is 15.5 Å². The Morgan fingerprint density at radius 1 is 1.27 bits per heavy atom. The Balaban J connectivity index is 1.58. The van der Waals surface area contributed by atoms with Crippen LogP contribution in [0.25, 0.3) is 0 Å². The molecule has 2 fully saturated rings. The molecule has 1 aromatic carbocycles. The van der Waals surface area contributed by atoms with Crippen molar-refractivity contribution in [3.8, 4) is 0 Å². The Hall–Kier alpha value is -2.94. The van der Waals surface area contributed by atoms with Gasteiger partial charge < -0.3 is 15.0 Å². The van der Waals surface area contributed by atoms with Crippen molar-refractivity contribution in [2.45, 2.75) is 12.5 Å². The molecule has 26 heavy (non-hydrogen) atoms. The molecule has 0 saturated carbocycles. The number of ether oxygens (including phenoxy) is 1. The number of hydrogen-bond acceptors (Lipinski definition) is 5. The summed E-state index contributed by atoms with van der Waals surface area (Å²) in [6, 6.07) is 5.66. The Kier molecular flexibility index (Phi) is 5.17. The van der Waals surface area contributed by atoms with E-state index in [1.807, 2.05) is 0 Å². The zero-order chi connectivity index (χ0) is 18.7. The molecule has 2 aliphatic rings. The number of anilines is 1. The van der Waals surface area contributed by atoms with Crippen LogP contribution in [-0.4, -0.2) is 68.0 Å². The first-order valence-electron chi connectivity index (χ1n) is 8.27. The van der Waals surface area contributed by atoms with E-state index in [-0.39, 0.29) is 36.7 Å². The van der Waals surface area contributed by atoms with Gasteiger partial charge in [-0.25, -0.2) is 4.79 Å². The topological polar surface area (TPSA) is 108 Å². The summed E-state index contributed by atoms with van der Waals surface area (Å²) in [7, 11) is 1.57. The van der Waals surface area contributed by atoms with Crippen LogP contribution in [0.15, 0.2) is 24.3 Å². The lowest BCUT2D eigenvalue weighted by Crippen LogP contribution is -2.37. The second-order valence-electron chi connectivity index (χ2n) is 6.19. The van der Waals surface area contributed by atoms with Gasteiger partial charge in [-0.2, -0.15) is 0 Å². The summed E-state index contributed by atoms with van der Waals surface area (Å²) in [5.74, 6) is -0.655. The lowest BCUT2D eigenvalue weighted by Gasteiger charge is -2.17. The van der Waals surface area contributed by atoms with Gasteiger partial charge in [0.15, 0.2) is 0 Å². The fourth-order valence-corrected chi connectivity index (χ4v) is 3.00. The van der Waals surface area contributed by atoms with E-state index in [2.05, 4.69) is 10.6 Å². The van der Waals surface area contributed by atoms with E-state index in [4.69, 9.17) is 4.74 Å². The largest absolute Gasteiger partial charge is 0.383 e. The molecule has 138 valence electrons. The maximum atomic E-state index is 12.4. The van der Waals surface area contributed by atoms with Crippen LogP contribution in [0.5, 0.6) is 0 Å². The third kappa shape index (κ3) is 3.83. The van der Waals surface area contributed by atoms with Gasteiger partial charge in [0.2, 0.25) is 11.8 Å². The average molecular weight is 360 g/mol. The summed E-state index contributed by atoms with van der Waals surface area (Å²) in [6.07, 6.45) is 0.267. The molecule has 2 N–H and O–H groups in total. The third-order valence-electron chi connectivity index (χ3n) is 4.35. The molecule has 1 atom stereocenters. The molecule has 2 aliphatic heterocycles. The minimum atomic E-state index is -0.479. The van der Waals surface area contributed by atoms with E-state index in [9.17, 15) is 19.2 Å². The third-order valence-corrected chi connectivity index (χ3v) is 4.35. The molecule has 0 aliphatic carbocycles. The number of likely N-dealkylation sites (tertiary alicyclic amines) is 1. The molecule has 1 aromatic rings. The van der Waals surface area contributed by atoms with E-state index in [0.29, 0.717) is 30.9 Å². The van der Waals surface area contributed by atoms with Crippen LogP contribution in [0.2, 0.25) is 0 Å². The highest BCUT2D eigenvalue weighted by molar-refractivity contribution is 6.12. The van der Waals surface area contributed by atoms with Crippen LogP contribution < -0.4 is 15.5 Å². The van der Waals surface area contributed by atoms with E-state index in [1.54, 1.807) is 36.3 Å². The van der Waals surface area contributed by atoms with Crippen LogP contribution >= 0.6 is 0 Å². The number of benzene rings is 1. The van der Waals surface area contributed by atoms with Crippen LogP contribution in [0.3, 0.4) is 0 Å². The number of imide groups is 1. The number of amides is 5. The van der Waals surface area contributed by atoms with Gasteiger partial charge in [0.05, 0.1) is 12.6 Å². The normalized spacial score (nSPS) is 19.9. The molecule has 0 unspecified atom stereocenters. The quantitative estimate of drug-likeness (QED) is 0.679. The molecule has 0 bridgehead atoms. The van der Waals surface area contributed by atoms with Gasteiger partial charge in [-0.05, 0) is 24.3 Å². The predicted molar refractivity (Wildman–Crippen MR) is 91.7 cm³/mol. The van der Waals surface area contributed by atoms with E-state index < -0.39 is 6.03 Å². The van der Waals surface area contributed by atoms with Crippen LogP contribution in [0, 0.1) is 0 Å². The van der Waals surface area contributed by atoms with Crippen molar-refractivity contribution in [2.75, 3.05) is 38.3 Å². The molecule has 9 heteroatoms. The lowest BCUT2D eigenvalue weighted by molar-refractivity contribution is -0.128. The molecule has 3 rings (SSSR count). The van der Waals surface area contributed by atoms with E-state index >= 15 is 0 Å². The van der Waals surface area contributed by atoms with Crippen LogP contribution in [-0.2, 0) is 14.3 Å². The fraction of sp³-hybridized carbons (Fsp3) is 0.412. The average Bonchev–Trinajstić information content (AvgIpc) is 3.14. The molecule has 0 radical (unpaired) electrons. The fourth-order valence-electron chi connectivity index (χ4n) is 3.00. The van der Waals surface area contributed by atoms with Gasteiger partial charge >= 0.3 is 6.03 Å². The molecular formula is C17H20N4O5. The number of hydrogen-bond donors (Lipinski definition) is 2. The smallest absolute Gasteiger partial charge is 0.329 e. The minimum Gasteiger partial charge on any atom is -0.383 e. The van der Waals surface area contributed by atoms with Crippen molar-refractivity contribution in [1.29, 1.82) is 0 Å². The van der Waals surface area contributed by atoms with Gasteiger partial charge in [0, 0.05) is 37.9 Å². The van der Waals surface area contributed by atoms with Crippen LogP contribution in [0.4, 0.5) is 10.5 Å². The maximum absolute atomic E-state index is 12.4. The highest BCUT2D eigenvalue weighted by Gasteiger charge is 2.31. The van der Waals surface area contributed by atoms with Gasteiger partial charge in [-0.3, -0.25) is 24.6 Å². The number of carbonyl (C=O) groups excluding carboxylic acids is 4. The lowest BCUT2D eigenvalue weighted by atomic mass is 10.1. The Bertz CT molecular complexity index is 733. The number of urea groups is 1. The number of nitrogens with one attached hydrogen (secondary N) is 2. The van der Waals surface area contributed by atoms with Crippen molar-refractivity contribution >= 4 is 29.4 Å². The van der Waals surface area contributed by atoms with Gasteiger partial charge in [-0.1, -0.05) is 0 Å². The Morgan fingerprint density at radius 2 is 2.00 bits per heavy atom. The van der Waals surface area contributed by atoms with Gasteiger partial charge in [0.25, 0.3) is 5.91 Å². The zero-order valence-corrected chi connectivity index (χ0v) is 14.4. The first-order valence-corrected chi connectivity index (χ1v) is 8.27. The molecule has 5 amide bonds. The monoisotopic (exact) mass is 360 g/mol. The summed E-state index contributed by atoms with van der Waals surface area (Å²) in [4.78, 5) is 50.1. The molecule has 0 spiro atoms. The van der Waals surface area contributed by atoms with Gasteiger partial charge in [-0.15, -0.1) is 0 Å². The van der Waals surface area contributed by atoms with E-state index in [0.717, 1.165) is 0 Å². The van der Waals surface area contributed by atoms with Crippen molar-refractivity contribution in [2.24, 2.45) is 0 Å². The highest BCUT2D eigenvalue weighted by atomic mass is 16.5. The molecule has 2 saturated heterocycles. The summed E-state index contributed by atoms with van der Waals surface area (Å²) < 4.78 is 4.97. The number of carbonyl (C=O) groups is 4. The van der Waals surface area contributed by atoms with Crippen molar-refractivity contribution in [3.63, 3.8) is 0 Å². The second kappa shape index (κ2) is 7.52. The minimum absolute atomic E-state index is 0.00703. The standard InChI is InChI=1S/C17H20N4O5/c1-26-7-6-20-9-12(8-15(20)23)18-16(24)11-2-4-13(5-3-11)21-10-14(22)19-17(21)25/h2-5,12H,6-10H2,1H3,(H,18,24)(H,19,22,25)/t12-/m1/s1. The molecule has 0 aromatic heterocycles. The first-order chi connectivity index (χ1) is 12.5. The molecule has 9 nitrogen and oxygen atoms in total. The summed E-state index contributed by atoms with van der Waals surface area (Å²) in [6.45, 7) is 1.39. The molecular weight excluding hydrogens is 340 g/mol. The highest BCUT2D eigenvalue weighted by Crippen LogP contribution is 2.18. The number of nitrogens with zero attached hydrogens (tertiary/aromatic N) is 2. The maximum Gasteiger partial charge on any atom is 0.329 e. The summed E-state index contributed by atoms with van der Waals surface area (Å²) >= 11 is 0.